The minimum atomic E-state index is -0.552. The van der Waals surface area contributed by atoms with Gasteiger partial charge < -0.3 is 10.1 Å². The Balaban J connectivity index is 1.62. The second-order valence-electron chi connectivity index (χ2n) is 6.88. The number of ether oxygens (including phenoxy) is 1. The molecule has 7 heteroatoms. The molecule has 1 atom stereocenters. The molecule has 148 valence electrons. The van der Waals surface area contributed by atoms with Crippen molar-refractivity contribution in [3.8, 4) is 0 Å². The van der Waals surface area contributed by atoms with Gasteiger partial charge in [0.2, 0.25) is 5.91 Å². The van der Waals surface area contributed by atoms with Crippen molar-refractivity contribution >= 4 is 29.2 Å². The predicted octanol–water partition coefficient (Wildman–Crippen LogP) is 4.12. The van der Waals surface area contributed by atoms with Gasteiger partial charge in [-0.25, -0.2) is 9.18 Å². The van der Waals surface area contributed by atoms with Crippen molar-refractivity contribution < 1.29 is 18.7 Å². The van der Waals surface area contributed by atoms with Gasteiger partial charge in [0.05, 0.1) is 23.6 Å². The molecule has 0 radical (unpaired) electrons. The summed E-state index contributed by atoms with van der Waals surface area (Å²) in [4.78, 5) is 26.7. The molecule has 1 amide bonds. The van der Waals surface area contributed by atoms with Crippen LogP contribution in [0.4, 0.5) is 10.1 Å². The lowest BCUT2D eigenvalue weighted by Crippen LogP contribution is -2.40. The summed E-state index contributed by atoms with van der Waals surface area (Å²) in [5.74, 6) is -1.06. The molecule has 0 saturated carbocycles. The number of nitrogens with zero attached hydrogens (tertiary/aromatic N) is 1. The summed E-state index contributed by atoms with van der Waals surface area (Å²) in [5, 5.41) is 3.14. The number of rotatable bonds is 5. The lowest BCUT2D eigenvalue weighted by molar-refractivity contribution is -0.121. The number of hydrogen-bond acceptors (Lipinski definition) is 4. The zero-order valence-electron chi connectivity index (χ0n) is 15.6. The van der Waals surface area contributed by atoms with E-state index in [0.29, 0.717) is 18.8 Å². The molecule has 0 aromatic heterocycles. The minimum absolute atomic E-state index is 0.0954. The SMILES string of the molecule is COC(=O)c1cc(NC(=O)[C@@H]2CCCN(Cc3ccc(F)cc3)C2)ccc1Cl. The van der Waals surface area contributed by atoms with Crippen LogP contribution >= 0.6 is 11.6 Å². The topological polar surface area (TPSA) is 58.6 Å². The standard InChI is InChI=1S/C21H22ClFN2O3/c1-28-21(27)18-11-17(8-9-19(18)22)24-20(26)15-3-2-10-25(13-15)12-14-4-6-16(23)7-5-14/h4-9,11,15H,2-3,10,12-13H2,1H3,(H,24,26)/t15-/m1/s1. The number of anilines is 1. The van der Waals surface area contributed by atoms with Gasteiger partial charge in [0.1, 0.15) is 5.82 Å². The first-order chi connectivity index (χ1) is 13.5. The molecule has 0 bridgehead atoms. The molecule has 0 aliphatic carbocycles. The Bertz CT molecular complexity index is 857. The molecule has 28 heavy (non-hydrogen) atoms. The highest BCUT2D eigenvalue weighted by Crippen LogP contribution is 2.24. The fourth-order valence-corrected chi connectivity index (χ4v) is 3.57. The zero-order chi connectivity index (χ0) is 20.1. The summed E-state index contributed by atoms with van der Waals surface area (Å²) in [6.45, 7) is 2.20. The quantitative estimate of drug-likeness (QED) is 0.762. The Morgan fingerprint density at radius 1 is 1.25 bits per heavy atom. The second kappa shape index (κ2) is 9.17. The van der Waals surface area contributed by atoms with Crippen LogP contribution in [0.5, 0.6) is 0 Å². The summed E-state index contributed by atoms with van der Waals surface area (Å²) in [7, 11) is 1.28. The molecule has 1 saturated heterocycles. The molecule has 0 spiro atoms. The van der Waals surface area contributed by atoms with E-state index in [4.69, 9.17) is 16.3 Å². The number of piperidine rings is 1. The second-order valence-corrected chi connectivity index (χ2v) is 7.28. The molecule has 0 unspecified atom stereocenters. The Hall–Kier alpha value is -2.44. The van der Waals surface area contributed by atoms with Crippen LogP contribution in [-0.2, 0) is 16.1 Å². The zero-order valence-corrected chi connectivity index (χ0v) is 16.3. The smallest absolute Gasteiger partial charge is 0.339 e. The van der Waals surface area contributed by atoms with Crippen molar-refractivity contribution in [2.75, 3.05) is 25.5 Å². The first kappa shape index (κ1) is 20.3. The van der Waals surface area contributed by atoms with E-state index in [1.807, 2.05) is 0 Å². The van der Waals surface area contributed by atoms with E-state index in [-0.39, 0.29) is 28.2 Å². The number of esters is 1. The molecule has 1 heterocycles. The molecule has 1 N–H and O–H groups in total. The van der Waals surface area contributed by atoms with Crippen LogP contribution in [0.2, 0.25) is 5.02 Å². The molecule has 1 aliphatic rings. The number of hydrogen-bond donors (Lipinski definition) is 1. The number of carbonyl (C=O) groups excluding carboxylic acids is 2. The van der Waals surface area contributed by atoms with Crippen molar-refractivity contribution in [3.63, 3.8) is 0 Å². The summed E-state index contributed by atoms with van der Waals surface area (Å²) in [5.41, 5.74) is 1.73. The molecule has 1 fully saturated rings. The maximum Gasteiger partial charge on any atom is 0.339 e. The number of likely N-dealkylation sites (tertiary alicyclic amines) is 1. The largest absolute Gasteiger partial charge is 0.465 e. The van der Waals surface area contributed by atoms with Crippen LogP contribution < -0.4 is 5.32 Å². The summed E-state index contributed by atoms with van der Waals surface area (Å²) in [6, 6.07) is 11.2. The monoisotopic (exact) mass is 404 g/mol. The summed E-state index contributed by atoms with van der Waals surface area (Å²) in [6.07, 6.45) is 1.70. The van der Waals surface area contributed by atoms with Gasteiger partial charge in [0.15, 0.2) is 0 Å². The van der Waals surface area contributed by atoms with E-state index >= 15 is 0 Å². The molecule has 5 nitrogen and oxygen atoms in total. The molecule has 2 aromatic carbocycles. The van der Waals surface area contributed by atoms with Crippen LogP contribution in [-0.4, -0.2) is 37.0 Å². The highest BCUT2D eigenvalue weighted by atomic mass is 35.5. The number of methoxy groups -OCH3 is 1. The number of benzene rings is 2. The first-order valence-corrected chi connectivity index (χ1v) is 9.49. The van der Waals surface area contributed by atoms with Crippen molar-refractivity contribution in [1.82, 2.24) is 4.90 Å². The van der Waals surface area contributed by atoms with Gasteiger partial charge in [-0.2, -0.15) is 0 Å². The number of carbonyl (C=O) groups is 2. The maximum atomic E-state index is 13.1. The number of halogens is 2. The van der Waals surface area contributed by atoms with E-state index in [1.165, 1.54) is 25.3 Å². The van der Waals surface area contributed by atoms with E-state index < -0.39 is 5.97 Å². The highest BCUT2D eigenvalue weighted by Gasteiger charge is 2.26. The van der Waals surface area contributed by atoms with Gasteiger partial charge in [0, 0.05) is 18.8 Å². The average molecular weight is 405 g/mol. The van der Waals surface area contributed by atoms with E-state index in [2.05, 4.69) is 10.2 Å². The Morgan fingerprint density at radius 3 is 2.71 bits per heavy atom. The minimum Gasteiger partial charge on any atom is -0.465 e. The predicted molar refractivity (Wildman–Crippen MR) is 106 cm³/mol. The lowest BCUT2D eigenvalue weighted by Gasteiger charge is -2.32. The summed E-state index contributed by atoms with van der Waals surface area (Å²) < 4.78 is 17.8. The van der Waals surface area contributed by atoms with Crippen LogP contribution in [0, 0.1) is 11.7 Å². The fraction of sp³-hybridized carbons (Fsp3) is 0.333. The molecule has 1 aliphatic heterocycles. The van der Waals surface area contributed by atoms with Crippen molar-refractivity contribution in [3.05, 3.63) is 64.4 Å². The average Bonchev–Trinajstić information content (AvgIpc) is 2.70. The van der Waals surface area contributed by atoms with Gasteiger partial charge in [-0.15, -0.1) is 0 Å². The normalized spacial score (nSPS) is 17.2. The Morgan fingerprint density at radius 2 is 2.00 bits per heavy atom. The van der Waals surface area contributed by atoms with Gasteiger partial charge in [-0.05, 0) is 55.3 Å². The molecular formula is C21H22ClFN2O3. The number of nitrogens with one attached hydrogen (secondary N) is 1. The molecule has 2 aromatic rings. The Labute approximate surface area is 168 Å². The van der Waals surface area contributed by atoms with Gasteiger partial charge >= 0.3 is 5.97 Å². The number of amides is 1. The molecular weight excluding hydrogens is 383 g/mol. The van der Waals surface area contributed by atoms with Gasteiger partial charge in [-0.1, -0.05) is 23.7 Å². The van der Waals surface area contributed by atoms with Crippen LogP contribution in [0.3, 0.4) is 0 Å². The van der Waals surface area contributed by atoms with Crippen LogP contribution in [0.25, 0.3) is 0 Å². The first-order valence-electron chi connectivity index (χ1n) is 9.12. The fourth-order valence-electron chi connectivity index (χ4n) is 3.37. The summed E-state index contributed by atoms with van der Waals surface area (Å²) >= 11 is 6.02. The Kier molecular flexibility index (Phi) is 6.65. The lowest BCUT2D eigenvalue weighted by atomic mass is 9.96. The van der Waals surface area contributed by atoms with Crippen molar-refractivity contribution in [2.24, 2.45) is 5.92 Å². The van der Waals surface area contributed by atoms with Gasteiger partial charge in [-0.3, -0.25) is 9.69 Å². The van der Waals surface area contributed by atoms with Crippen molar-refractivity contribution in [2.45, 2.75) is 19.4 Å². The van der Waals surface area contributed by atoms with E-state index in [0.717, 1.165) is 24.9 Å². The van der Waals surface area contributed by atoms with Crippen LogP contribution in [0.1, 0.15) is 28.8 Å². The van der Waals surface area contributed by atoms with E-state index in [9.17, 15) is 14.0 Å². The third-order valence-electron chi connectivity index (χ3n) is 4.83. The highest BCUT2D eigenvalue weighted by molar-refractivity contribution is 6.33. The third-order valence-corrected chi connectivity index (χ3v) is 5.16. The van der Waals surface area contributed by atoms with Crippen molar-refractivity contribution in [1.29, 1.82) is 0 Å². The van der Waals surface area contributed by atoms with E-state index in [1.54, 1.807) is 24.3 Å². The van der Waals surface area contributed by atoms with Crippen LogP contribution in [0.15, 0.2) is 42.5 Å². The third kappa shape index (κ3) is 5.09. The van der Waals surface area contributed by atoms with Gasteiger partial charge in [0.25, 0.3) is 0 Å². The maximum absolute atomic E-state index is 13.1. The molecule has 3 rings (SSSR count).